The van der Waals surface area contributed by atoms with E-state index in [1.54, 1.807) is 6.20 Å². The maximum atomic E-state index is 11.8. The summed E-state index contributed by atoms with van der Waals surface area (Å²) in [6, 6.07) is 0. The van der Waals surface area contributed by atoms with Crippen molar-refractivity contribution >= 4 is 5.91 Å². The van der Waals surface area contributed by atoms with Crippen molar-refractivity contribution in [3.63, 3.8) is 0 Å². The Kier molecular flexibility index (Phi) is 4.14. The molecule has 2 rings (SSSR count). The van der Waals surface area contributed by atoms with Crippen LogP contribution in [-0.2, 0) is 11.2 Å². The molecule has 1 aliphatic rings. The van der Waals surface area contributed by atoms with Gasteiger partial charge in [-0.05, 0) is 31.2 Å². The molecule has 0 aliphatic heterocycles. The van der Waals surface area contributed by atoms with Crippen LogP contribution in [0.2, 0.25) is 0 Å². The molecule has 0 aromatic carbocycles. The number of aliphatic hydroxyl groups is 1. The molecule has 94 valence electrons. The van der Waals surface area contributed by atoms with Gasteiger partial charge < -0.3 is 10.4 Å². The zero-order valence-electron chi connectivity index (χ0n) is 9.85. The summed E-state index contributed by atoms with van der Waals surface area (Å²) in [5, 5.41) is 19.0. The van der Waals surface area contributed by atoms with E-state index in [9.17, 15) is 9.90 Å². The van der Waals surface area contributed by atoms with Gasteiger partial charge >= 0.3 is 0 Å². The molecule has 1 aliphatic carbocycles. The minimum absolute atomic E-state index is 0.0110. The number of aliphatic hydroxyl groups excluding tert-OH is 1. The summed E-state index contributed by atoms with van der Waals surface area (Å²) in [4.78, 5) is 11.8. The highest BCUT2D eigenvalue weighted by Crippen LogP contribution is 2.24. The quantitative estimate of drug-likeness (QED) is 0.718. The third-order valence-corrected chi connectivity index (χ3v) is 3.29. The van der Waals surface area contributed by atoms with Gasteiger partial charge in [0.1, 0.15) is 0 Å². The molecule has 1 fully saturated rings. The van der Waals surface area contributed by atoms with Crippen molar-refractivity contribution in [1.82, 2.24) is 15.5 Å². The third-order valence-electron chi connectivity index (χ3n) is 3.29. The number of amides is 1. The Morgan fingerprint density at radius 1 is 1.59 bits per heavy atom. The van der Waals surface area contributed by atoms with E-state index < -0.39 is 0 Å². The number of nitrogens with zero attached hydrogens (tertiary/aromatic N) is 1. The number of hydrogen-bond acceptors (Lipinski definition) is 3. The lowest BCUT2D eigenvalue weighted by molar-refractivity contribution is -0.127. The number of carbonyl (C=O) groups is 1. The average molecular weight is 237 g/mol. The minimum atomic E-state index is -0.298. The topological polar surface area (TPSA) is 78.0 Å². The van der Waals surface area contributed by atoms with Gasteiger partial charge in [0.15, 0.2) is 0 Å². The maximum Gasteiger partial charge on any atom is 0.223 e. The summed E-state index contributed by atoms with van der Waals surface area (Å²) in [5.41, 5.74) is 1.09. The highest BCUT2D eigenvalue weighted by Gasteiger charge is 2.25. The van der Waals surface area contributed by atoms with Crippen molar-refractivity contribution in [3.8, 4) is 0 Å². The highest BCUT2D eigenvalue weighted by molar-refractivity contribution is 5.78. The number of aromatic nitrogens is 2. The molecule has 0 unspecified atom stereocenters. The van der Waals surface area contributed by atoms with Crippen molar-refractivity contribution in [3.05, 3.63) is 18.0 Å². The molecule has 0 spiro atoms. The van der Waals surface area contributed by atoms with E-state index in [0.717, 1.165) is 31.2 Å². The molecule has 0 bridgehead atoms. The molecule has 5 nitrogen and oxygen atoms in total. The molecular formula is C12H19N3O2. The Morgan fingerprint density at radius 2 is 2.47 bits per heavy atom. The third kappa shape index (κ3) is 3.56. The van der Waals surface area contributed by atoms with Gasteiger partial charge in [-0.3, -0.25) is 9.89 Å². The number of hydrogen-bond donors (Lipinski definition) is 3. The number of carbonyl (C=O) groups excluding carboxylic acids is 1. The fourth-order valence-corrected chi connectivity index (χ4v) is 2.29. The SMILES string of the molecule is O=C(NCCc1cn[nH]c1)[C@@H]1CCC[C@H](O)C1. The Labute approximate surface area is 101 Å². The first-order chi connectivity index (χ1) is 8.25. The van der Waals surface area contributed by atoms with Gasteiger partial charge in [-0.1, -0.05) is 6.42 Å². The summed E-state index contributed by atoms with van der Waals surface area (Å²) in [6.45, 7) is 0.630. The Bertz CT molecular complexity index is 351. The monoisotopic (exact) mass is 237 g/mol. The smallest absolute Gasteiger partial charge is 0.223 e. The molecule has 1 aromatic rings. The molecule has 3 N–H and O–H groups in total. The summed E-state index contributed by atoms with van der Waals surface area (Å²) in [6.07, 6.45) is 7.37. The van der Waals surface area contributed by atoms with Gasteiger partial charge in [0.05, 0.1) is 12.3 Å². The van der Waals surface area contributed by atoms with Gasteiger partial charge in [0, 0.05) is 18.7 Å². The Hall–Kier alpha value is -1.36. The van der Waals surface area contributed by atoms with Gasteiger partial charge in [0.2, 0.25) is 5.91 Å². The zero-order chi connectivity index (χ0) is 12.1. The van der Waals surface area contributed by atoms with E-state index in [1.165, 1.54) is 0 Å². The van der Waals surface area contributed by atoms with Gasteiger partial charge in [0.25, 0.3) is 0 Å². The second kappa shape index (κ2) is 5.82. The summed E-state index contributed by atoms with van der Waals surface area (Å²) >= 11 is 0. The number of H-pyrrole nitrogens is 1. The predicted molar refractivity (Wildman–Crippen MR) is 63.3 cm³/mol. The van der Waals surface area contributed by atoms with Crippen LogP contribution in [0.3, 0.4) is 0 Å². The van der Waals surface area contributed by atoms with Crippen molar-refractivity contribution in [2.45, 2.75) is 38.2 Å². The molecule has 1 heterocycles. The van der Waals surface area contributed by atoms with Crippen LogP contribution in [-0.4, -0.2) is 33.9 Å². The second-order valence-electron chi connectivity index (χ2n) is 4.66. The van der Waals surface area contributed by atoms with Crippen LogP contribution in [0.15, 0.2) is 12.4 Å². The standard InChI is InChI=1S/C12H19N3O2/c16-11-3-1-2-10(6-11)12(17)13-5-4-9-7-14-15-8-9/h7-8,10-11,16H,1-6H2,(H,13,17)(H,14,15)/t10-,11+/m1/s1. The first kappa shape index (κ1) is 12.1. The van der Waals surface area contributed by atoms with Gasteiger partial charge in [-0.15, -0.1) is 0 Å². The minimum Gasteiger partial charge on any atom is -0.393 e. The molecule has 17 heavy (non-hydrogen) atoms. The van der Waals surface area contributed by atoms with Gasteiger partial charge in [-0.2, -0.15) is 5.10 Å². The average Bonchev–Trinajstić information content (AvgIpc) is 2.82. The van der Waals surface area contributed by atoms with Crippen LogP contribution in [0.4, 0.5) is 0 Å². The van der Waals surface area contributed by atoms with Crippen LogP contribution >= 0.6 is 0 Å². The molecule has 0 radical (unpaired) electrons. The Balaban J connectivity index is 1.70. The molecule has 1 amide bonds. The van der Waals surface area contributed by atoms with Crippen molar-refractivity contribution in [2.24, 2.45) is 5.92 Å². The first-order valence-electron chi connectivity index (χ1n) is 6.19. The van der Waals surface area contributed by atoms with Crippen LogP contribution in [0.5, 0.6) is 0 Å². The first-order valence-corrected chi connectivity index (χ1v) is 6.19. The lowest BCUT2D eigenvalue weighted by Gasteiger charge is -2.24. The highest BCUT2D eigenvalue weighted by atomic mass is 16.3. The number of aromatic amines is 1. The lowest BCUT2D eigenvalue weighted by atomic mass is 9.87. The summed E-state index contributed by atoms with van der Waals surface area (Å²) in [5.74, 6) is 0.0651. The van der Waals surface area contributed by atoms with E-state index in [1.807, 2.05) is 6.20 Å². The predicted octanol–water partition coefficient (Wildman–Crippen LogP) is 0.619. The van der Waals surface area contributed by atoms with E-state index in [4.69, 9.17) is 0 Å². The number of nitrogens with one attached hydrogen (secondary N) is 2. The molecule has 0 saturated heterocycles. The largest absolute Gasteiger partial charge is 0.393 e. The number of rotatable bonds is 4. The molecule has 5 heteroatoms. The van der Waals surface area contributed by atoms with Gasteiger partial charge in [-0.25, -0.2) is 0 Å². The fraction of sp³-hybridized carbons (Fsp3) is 0.667. The van der Waals surface area contributed by atoms with Crippen molar-refractivity contribution in [2.75, 3.05) is 6.54 Å². The van der Waals surface area contributed by atoms with E-state index in [-0.39, 0.29) is 17.9 Å². The van der Waals surface area contributed by atoms with Crippen molar-refractivity contribution < 1.29 is 9.90 Å². The van der Waals surface area contributed by atoms with E-state index >= 15 is 0 Å². The van der Waals surface area contributed by atoms with Crippen molar-refractivity contribution in [1.29, 1.82) is 0 Å². The molecule has 1 aromatic heterocycles. The summed E-state index contributed by atoms with van der Waals surface area (Å²) < 4.78 is 0. The van der Waals surface area contributed by atoms with Crippen LogP contribution < -0.4 is 5.32 Å². The fourth-order valence-electron chi connectivity index (χ4n) is 2.29. The molecule has 1 saturated carbocycles. The Morgan fingerprint density at radius 3 is 3.18 bits per heavy atom. The van der Waals surface area contributed by atoms with E-state index in [2.05, 4.69) is 15.5 Å². The molecular weight excluding hydrogens is 218 g/mol. The molecule has 2 atom stereocenters. The zero-order valence-corrected chi connectivity index (χ0v) is 9.85. The lowest BCUT2D eigenvalue weighted by Crippen LogP contribution is -2.36. The van der Waals surface area contributed by atoms with E-state index in [0.29, 0.717) is 13.0 Å². The normalized spacial score (nSPS) is 24.5. The van der Waals surface area contributed by atoms with Crippen LogP contribution in [0, 0.1) is 5.92 Å². The van der Waals surface area contributed by atoms with Crippen LogP contribution in [0.1, 0.15) is 31.2 Å². The van der Waals surface area contributed by atoms with Crippen LogP contribution in [0.25, 0.3) is 0 Å². The summed E-state index contributed by atoms with van der Waals surface area (Å²) in [7, 11) is 0. The maximum absolute atomic E-state index is 11.8. The second-order valence-corrected chi connectivity index (χ2v) is 4.66.